The molecular weight excluding hydrogens is 478 g/mol. The Bertz CT molecular complexity index is 1380. The Labute approximate surface area is 211 Å². The van der Waals surface area contributed by atoms with Gasteiger partial charge in [-0.3, -0.25) is 4.90 Å². The van der Waals surface area contributed by atoms with Gasteiger partial charge < -0.3 is 19.3 Å². The number of anilines is 2. The number of rotatable bonds is 6. The average molecular weight is 504 g/mol. The summed E-state index contributed by atoms with van der Waals surface area (Å²) in [6, 6.07) is 22.7. The number of nitrogens with zero attached hydrogens (tertiary/aromatic N) is 5. The number of fused-ring (bicyclic) bond motifs is 2. The van der Waals surface area contributed by atoms with Crippen LogP contribution in [0.25, 0.3) is 20.4 Å². The molecule has 1 aliphatic heterocycles. The summed E-state index contributed by atoms with van der Waals surface area (Å²) in [5, 5.41) is 2.00. The van der Waals surface area contributed by atoms with Gasteiger partial charge in [-0.15, -0.1) is 0 Å². The van der Waals surface area contributed by atoms with Gasteiger partial charge in [0.2, 0.25) is 0 Å². The van der Waals surface area contributed by atoms with Gasteiger partial charge >= 0.3 is 0 Å². The van der Waals surface area contributed by atoms with Crippen molar-refractivity contribution >= 4 is 53.4 Å². The summed E-state index contributed by atoms with van der Waals surface area (Å²) >= 11 is 3.39. The fourth-order valence-electron chi connectivity index (χ4n) is 4.32. The SMILES string of the molecule is COc1ccc2nc(N3CN(Cc4ccccc4)CN(c4nc5ccc(OC)cc5s4)C3)sc2c1. The molecule has 0 aliphatic carbocycles. The van der Waals surface area contributed by atoms with Crippen LogP contribution >= 0.6 is 22.7 Å². The summed E-state index contributed by atoms with van der Waals surface area (Å²) in [7, 11) is 3.39. The molecule has 0 saturated carbocycles. The quantitative estimate of drug-likeness (QED) is 0.298. The zero-order valence-corrected chi connectivity index (χ0v) is 21.2. The van der Waals surface area contributed by atoms with Crippen molar-refractivity contribution in [2.24, 2.45) is 0 Å². The van der Waals surface area contributed by atoms with Crippen molar-refractivity contribution in [1.29, 1.82) is 0 Å². The largest absolute Gasteiger partial charge is 0.497 e. The lowest BCUT2D eigenvalue weighted by atomic mass is 10.2. The fourth-order valence-corrected chi connectivity index (χ4v) is 6.27. The molecule has 0 amide bonds. The Morgan fingerprint density at radius 3 is 1.77 bits per heavy atom. The van der Waals surface area contributed by atoms with Crippen molar-refractivity contribution in [2.45, 2.75) is 6.54 Å². The second-order valence-corrected chi connectivity index (χ2v) is 10.5. The van der Waals surface area contributed by atoms with Crippen molar-refractivity contribution < 1.29 is 9.47 Å². The number of benzene rings is 3. The smallest absolute Gasteiger partial charge is 0.188 e. The van der Waals surface area contributed by atoms with E-state index < -0.39 is 0 Å². The van der Waals surface area contributed by atoms with E-state index in [1.807, 2.05) is 24.3 Å². The van der Waals surface area contributed by atoms with E-state index >= 15 is 0 Å². The number of thiazole rings is 2. The van der Waals surface area contributed by atoms with E-state index in [0.717, 1.165) is 68.7 Å². The highest BCUT2D eigenvalue weighted by Gasteiger charge is 2.28. The minimum atomic E-state index is 0.721. The number of hydrogen-bond acceptors (Lipinski definition) is 9. The van der Waals surface area contributed by atoms with Crippen LogP contribution in [0, 0.1) is 0 Å². The predicted molar refractivity (Wildman–Crippen MR) is 144 cm³/mol. The Kier molecular flexibility index (Phi) is 5.89. The van der Waals surface area contributed by atoms with E-state index in [4.69, 9.17) is 19.4 Å². The second kappa shape index (κ2) is 9.33. The molecule has 6 rings (SSSR count). The summed E-state index contributed by atoms with van der Waals surface area (Å²) in [5.41, 5.74) is 3.27. The molecule has 0 N–H and O–H groups in total. The summed E-state index contributed by atoms with van der Waals surface area (Å²) in [5.74, 6) is 1.70. The van der Waals surface area contributed by atoms with Crippen LogP contribution < -0.4 is 19.3 Å². The van der Waals surface area contributed by atoms with E-state index in [-0.39, 0.29) is 0 Å². The van der Waals surface area contributed by atoms with Crippen LogP contribution in [0.2, 0.25) is 0 Å². The van der Waals surface area contributed by atoms with E-state index in [2.05, 4.69) is 57.2 Å². The predicted octanol–water partition coefficient (Wildman–Crippen LogP) is 5.62. The Hall–Kier alpha value is -3.40. The molecule has 1 saturated heterocycles. The van der Waals surface area contributed by atoms with Gasteiger partial charge in [0.1, 0.15) is 11.5 Å². The molecule has 9 heteroatoms. The minimum absolute atomic E-state index is 0.721. The minimum Gasteiger partial charge on any atom is -0.497 e. The maximum atomic E-state index is 5.41. The number of hydrogen-bond donors (Lipinski definition) is 0. The van der Waals surface area contributed by atoms with Crippen molar-refractivity contribution in [3.63, 3.8) is 0 Å². The van der Waals surface area contributed by atoms with Gasteiger partial charge in [-0.05, 0) is 42.0 Å². The second-order valence-electron chi connectivity index (χ2n) is 8.48. The van der Waals surface area contributed by atoms with Crippen molar-refractivity contribution in [3.8, 4) is 11.5 Å². The first-order valence-corrected chi connectivity index (χ1v) is 13.0. The molecule has 0 spiro atoms. The number of ether oxygens (including phenoxy) is 2. The molecular formula is C26H25N5O2S2. The summed E-state index contributed by atoms with van der Waals surface area (Å²) in [4.78, 5) is 17.0. The zero-order chi connectivity index (χ0) is 23.8. The molecule has 7 nitrogen and oxygen atoms in total. The summed E-state index contributed by atoms with van der Waals surface area (Å²) < 4.78 is 13.1. The Balaban J connectivity index is 1.34. The van der Waals surface area contributed by atoms with Crippen LogP contribution in [0.4, 0.5) is 10.3 Å². The van der Waals surface area contributed by atoms with Gasteiger partial charge in [0, 0.05) is 6.54 Å². The standard InChI is InChI=1S/C26H25N5O2S2/c1-32-19-8-10-21-23(12-19)34-25(27-21)30-15-29(14-18-6-4-3-5-7-18)16-31(17-30)26-28-22-11-9-20(33-2)13-24(22)35-26/h3-13H,14-17H2,1-2H3. The van der Waals surface area contributed by atoms with Gasteiger partial charge in [-0.25, -0.2) is 9.97 Å². The lowest BCUT2D eigenvalue weighted by Gasteiger charge is -2.42. The molecule has 178 valence electrons. The average Bonchev–Trinajstić information content (AvgIpc) is 3.52. The number of methoxy groups -OCH3 is 2. The van der Waals surface area contributed by atoms with Crippen LogP contribution in [0.3, 0.4) is 0 Å². The van der Waals surface area contributed by atoms with Gasteiger partial charge in [0.25, 0.3) is 0 Å². The molecule has 0 unspecified atom stereocenters. The molecule has 35 heavy (non-hydrogen) atoms. The van der Waals surface area contributed by atoms with Crippen LogP contribution in [-0.2, 0) is 6.54 Å². The van der Waals surface area contributed by atoms with Crippen LogP contribution in [0.15, 0.2) is 66.7 Å². The summed E-state index contributed by atoms with van der Waals surface area (Å²) in [6.07, 6.45) is 0. The van der Waals surface area contributed by atoms with Gasteiger partial charge in [-0.2, -0.15) is 0 Å². The van der Waals surface area contributed by atoms with Gasteiger partial charge in [0.15, 0.2) is 10.3 Å². The number of aromatic nitrogens is 2. The van der Waals surface area contributed by atoms with Gasteiger partial charge in [0.05, 0.1) is 54.7 Å². The highest BCUT2D eigenvalue weighted by atomic mass is 32.1. The van der Waals surface area contributed by atoms with Crippen molar-refractivity contribution in [1.82, 2.24) is 14.9 Å². The molecule has 3 aromatic carbocycles. The van der Waals surface area contributed by atoms with Crippen LogP contribution in [0.1, 0.15) is 5.56 Å². The highest BCUT2D eigenvalue weighted by molar-refractivity contribution is 7.22. The lowest BCUT2D eigenvalue weighted by Crippen LogP contribution is -2.55. The van der Waals surface area contributed by atoms with Crippen molar-refractivity contribution in [3.05, 3.63) is 72.3 Å². The Morgan fingerprint density at radius 2 is 1.26 bits per heavy atom. The Morgan fingerprint density at radius 1 is 0.714 bits per heavy atom. The molecule has 1 aliphatic rings. The third-order valence-corrected chi connectivity index (χ3v) is 8.20. The summed E-state index contributed by atoms with van der Waals surface area (Å²) in [6.45, 7) is 3.16. The molecule has 0 bridgehead atoms. The van der Waals surface area contributed by atoms with E-state index in [0.29, 0.717) is 0 Å². The highest BCUT2D eigenvalue weighted by Crippen LogP contribution is 2.36. The maximum Gasteiger partial charge on any atom is 0.188 e. The van der Waals surface area contributed by atoms with Crippen molar-refractivity contribution in [2.75, 3.05) is 44.0 Å². The molecule has 1 fully saturated rings. The third kappa shape index (κ3) is 4.50. The van der Waals surface area contributed by atoms with E-state index in [1.165, 1.54) is 5.56 Å². The van der Waals surface area contributed by atoms with E-state index in [9.17, 15) is 0 Å². The molecule has 0 radical (unpaired) electrons. The third-order valence-electron chi connectivity index (χ3n) is 6.04. The lowest BCUT2D eigenvalue weighted by molar-refractivity contribution is 0.234. The monoisotopic (exact) mass is 503 g/mol. The molecule has 2 aromatic heterocycles. The van der Waals surface area contributed by atoms with E-state index in [1.54, 1.807) is 36.9 Å². The van der Waals surface area contributed by atoms with Crippen LogP contribution in [0.5, 0.6) is 11.5 Å². The maximum absolute atomic E-state index is 5.41. The topological polar surface area (TPSA) is 54.0 Å². The zero-order valence-electron chi connectivity index (χ0n) is 19.5. The molecule has 5 aromatic rings. The molecule has 3 heterocycles. The first-order valence-electron chi connectivity index (χ1n) is 11.3. The molecule has 0 atom stereocenters. The normalized spacial score (nSPS) is 14.7. The first kappa shape index (κ1) is 22.1. The fraction of sp³-hybridized carbons (Fsp3) is 0.231. The van der Waals surface area contributed by atoms with Gasteiger partial charge in [-0.1, -0.05) is 53.0 Å². The van der Waals surface area contributed by atoms with Crippen LogP contribution in [-0.4, -0.2) is 49.1 Å². The first-order chi connectivity index (χ1) is 17.2.